The number of aromatic nitrogens is 3. The molecule has 1 fully saturated rings. The first-order valence-electron chi connectivity index (χ1n) is 6.62. The second-order valence-electron chi connectivity index (χ2n) is 6.59. The number of hydrogen-bond acceptors (Lipinski definition) is 5. The van der Waals surface area contributed by atoms with Gasteiger partial charge < -0.3 is 4.90 Å². The van der Waals surface area contributed by atoms with Crippen molar-refractivity contribution >= 4 is 17.7 Å². The van der Waals surface area contributed by atoms with Crippen molar-refractivity contribution in [2.24, 2.45) is 0 Å². The van der Waals surface area contributed by atoms with Gasteiger partial charge in [0.2, 0.25) is 11.7 Å². The molecular weight excluding hydrogens is 274 g/mol. The Morgan fingerprint density at radius 2 is 1.90 bits per heavy atom. The molecule has 1 aromatic rings. The largest absolute Gasteiger partial charge is 0.312 e. The first kappa shape index (κ1) is 15.1. The molecule has 0 atom stereocenters. The molecule has 8 heteroatoms. The van der Waals surface area contributed by atoms with E-state index in [0.29, 0.717) is 5.82 Å². The van der Waals surface area contributed by atoms with E-state index in [2.05, 4.69) is 20.5 Å². The lowest BCUT2D eigenvalue weighted by Crippen LogP contribution is -2.65. The molecule has 2 rings (SSSR count). The van der Waals surface area contributed by atoms with Crippen LogP contribution < -0.4 is 5.32 Å². The minimum atomic E-state index is -1.13. The number of nitrogens with one attached hydrogen (secondary N) is 2. The molecule has 1 aliphatic rings. The van der Waals surface area contributed by atoms with E-state index >= 15 is 0 Å². The standard InChI is InChI=1S/C13H19N5O3/c1-12(2,3)10-15-8(16-17-10)9(20)18-6-7(19)14-11(21)13(18,4)5/h6H2,1-5H3,(H,14,19,21)(H,15,16,17). The average Bonchev–Trinajstić information content (AvgIpc) is 2.82. The highest BCUT2D eigenvalue weighted by Crippen LogP contribution is 2.22. The summed E-state index contributed by atoms with van der Waals surface area (Å²) < 4.78 is 0. The predicted octanol–water partition coefficient (Wildman–Crippen LogP) is -0.0206. The van der Waals surface area contributed by atoms with Gasteiger partial charge >= 0.3 is 0 Å². The quantitative estimate of drug-likeness (QED) is 0.707. The lowest BCUT2D eigenvalue weighted by molar-refractivity contribution is -0.143. The first-order valence-corrected chi connectivity index (χ1v) is 6.62. The number of aromatic amines is 1. The van der Waals surface area contributed by atoms with E-state index in [0.717, 1.165) is 0 Å². The van der Waals surface area contributed by atoms with Crippen molar-refractivity contribution in [3.8, 4) is 0 Å². The molecule has 2 N–H and O–H groups in total. The Morgan fingerprint density at radius 1 is 1.29 bits per heavy atom. The Kier molecular flexibility index (Phi) is 3.35. The van der Waals surface area contributed by atoms with Gasteiger partial charge in [0, 0.05) is 5.41 Å². The summed E-state index contributed by atoms with van der Waals surface area (Å²) in [6.45, 7) is 8.75. The Bertz CT molecular complexity index is 612. The summed E-state index contributed by atoms with van der Waals surface area (Å²) in [4.78, 5) is 41.2. The maximum absolute atomic E-state index is 12.5. The number of imide groups is 1. The number of nitrogens with zero attached hydrogens (tertiary/aromatic N) is 3. The molecule has 0 aliphatic carbocycles. The molecule has 114 valence electrons. The highest BCUT2D eigenvalue weighted by molar-refractivity contribution is 6.08. The van der Waals surface area contributed by atoms with Gasteiger partial charge in [-0.3, -0.25) is 24.8 Å². The smallest absolute Gasteiger partial charge is 0.294 e. The Hall–Kier alpha value is -2.25. The maximum atomic E-state index is 12.5. The fourth-order valence-electron chi connectivity index (χ4n) is 1.92. The predicted molar refractivity (Wildman–Crippen MR) is 73.3 cm³/mol. The van der Waals surface area contributed by atoms with Crippen molar-refractivity contribution in [2.45, 2.75) is 45.6 Å². The number of H-pyrrole nitrogens is 1. The van der Waals surface area contributed by atoms with Crippen molar-refractivity contribution in [1.29, 1.82) is 0 Å². The van der Waals surface area contributed by atoms with Crippen LogP contribution in [0.1, 0.15) is 51.1 Å². The molecule has 1 saturated heterocycles. The molecule has 8 nitrogen and oxygen atoms in total. The number of rotatable bonds is 1. The lowest BCUT2D eigenvalue weighted by Gasteiger charge is -2.39. The van der Waals surface area contributed by atoms with Crippen molar-refractivity contribution in [1.82, 2.24) is 25.4 Å². The monoisotopic (exact) mass is 293 g/mol. The summed E-state index contributed by atoms with van der Waals surface area (Å²) in [7, 11) is 0. The van der Waals surface area contributed by atoms with Gasteiger partial charge in [-0.2, -0.15) is 0 Å². The van der Waals surface area contributed by atoms with Crippen LogP contribution in [-0.4, -0.2) is 49.9 Å². The van der Waals surface area contributed by atoms with E-state index in [1.807, 2.05) is 20.8 Å². The summed E-state index contributed by atoms with van der Waals surface area (Å²) in [5.74, 6) is -1.06. The number of hydrogen-bond donors (Lipinski definition) is 2. The Labute approximate surface area is 122 Å². The zero-order valence-electron chi connectivity index (χ0n) is 12.8. The van der Waals surface area contributed by atoms with Crippen molar-refractivity contribution in [3.05, 3.63) is 11.6 Å². The minimum Gasteiger partial charge on any atom is -0.312 e. The molecule has 2 heterocycles. The third-order valence-electron chi connectivity index (χ3n) is 3.42. The van der Waals surface area contributed by atoms with Gasteiger partial charge in [-0.1, -0.05) is 20.8 Å². The van der Waals surface area contributed by atoms with Crippen molar-refractivity contribution < 1.29 is 14.4 Å². The highest BCUT2D eigenvalue weighted by atomic mass is 16.2. The molecule has 0 unspecified atom stereocenters. The van der Waals surface area contributed by atoms with E-state index in [1.54, 1.807) is 13.8 Å². The maximum Gasteiger partial charge on any atom is 0.294 e. The molecule has 0 bridgehead atoms. The van der Waals surface area contributed by atoms with E-state index in [1.165, 1.54) is 4.90 Å². The van der Waals surface area contributed by atoms with Crippen LogP contribution in [0.2, 0.25) is 0 Å². The van der Waals surface area contributed by atoms with Crippen LogP contribution >= 0.6 is 0 Å². The van der Waals surface area contributed by atoms with Gasteiger partial charge in [-0.05, 0) is 13.8 Å². The zero-order chi connectivity index (χ0) is 16.0. The fraction of sp³-hybridized carbons (Fsp3) is 0.615. The number of carbonyl (C=O) groups is 3. The third kappa shape index (κ3) is 2.65. The Balaban J connectivity index is 2.32. The van der Waals surface area contributed by atoms with Gasteiger partial charge in [0.15, 0.2) is 0 Å². The van der Waals surface area contributed by atoms with E-state index in [9.17, 15) is 14.4 Å². The number of amides is 3. The van der Waals surface area contributed by atoms with E-state index in [-0.39, 0.29) is 17.8 Å². The summed E-state index contributed by atoms with van der Waals surface area (Å²) >= 11 is 0. The molecule has 1 aromatic heterocycles. The van der Waals surface area contributed by atoms with Gasteiger partial charge in [0.1, 0.15) is 17.9 Å². The fourth-order valence-corrected chi connectivity index (χ4v) is 1.92. The van der Waals surface area contributed by atoms with Gasteiger partial charge in [-0.25, -0.2) is 4.98 Å². The number of carbonyl (C=O) groups excluding carboxylic acids is 3. The van der Waals surface area contributed by atoms with E-state index in [4.69, 9.17) is 0 Å². The topological polar surface area (TPSA) is 108 Å². The van der Waals surface area contributed by atoms with Crippen molar-refractivity contribution in [2.75, 3.05) is 6.54 Å². The van der Waals surface area contributed by atoms with Crippen LogP contribution in [0.15, 0.2) is 0 Å². The molecule has 0 radical (unpaired) electrons. The van der Waals surface area contributed by atoms with Crippen LogP contribution in [0.3, 0.4) is 0 Å². The zero-order valence-corrected chi connectivity index (χ0v) is 12.8. The first-order chi connectivity index (χ1) is 9.53. The van der Waals surface area contributed by atoms with Gasteiger partial charge in [0.05, 0.1) is 0 Å². The van der Waals surface area contributed by atoms with Crippen LogP contribution in [0.25, 0.3) is 0 Å². The van der Waals surface area contributed by atoms with E-state index < -0.39 is 23.3 Å². The van der Waals surface area contributed by atoms with Crippen LogP contribution in [0.4, 0.5) is 0 Å². The minimum absolute atomic E-state index is 0.0458. The highest BCUT2D eigenvalue weighted by Gasteiger charge is 2.44. The molecule has 0 spiro atoms. The van der Waals surface area contributed by atoms with Crippen LogP contribution in [0.5, 0.6) is 0 Å². The number of piperazine rings is 1. The average molecular weight is 293 g/mol. The molecule has 21 heavy (non-hydrogen) atoms. The van der Waals surface area contributed by atoms with Crippen LogP contribution in [0, 0.1) is 0 Å². The Morgan fingerprint density at radius 3 is 2.43 bits per heavy atom. The summed E-state index contributed by atoms with van der Waals surface area (Å²) in [5, 5.41) is 8.84. The molecule has 1 aliphatic heterocycles. The summed E-state index contributed by atoms with van der Waals surface area (Å²) in [6, 6.07) is 0. The van der Waals surface area contributed by atoms with Gasteiger partial charge in [-0.15, -0.1) is 5.10 Å². The normalized spacial score (nSPS) is 18.6. The molecular formula is C13H19N5O3. The second-order valence-corrected chi connectivity index (χ2v) is 6.59. The molecule has 0 saturated carbocycles. The molecule has 0 aromatic carbocycles. The summed E-state index contributed by atoms with van der Waals surface area (Å²) in [6.07, 6.45) is 0. The lowest BCUT2D eigenvalue weighted by atomic mass is 9.96. The summed E-state index contributed by atoms with van der Waals surface area (Å²) in [5.41, 5.74) is -1.41. The van der Waals surface area contributed by atoms with Crippen LogP contribution in [-0.2, 0) is 15.0 Å². The third-order valence-corrected chi connectivity index (χ3v) is 3.42. The SMILES string of the molecule is CC(C)(C)c1nc(C(=O)N2CC(=O)NC(=O)C2(C)C)n[nH]1. The van der Waals surface area contributed by atoms with Crippen molar-refractivity contribution in [3.63, 3.8) is 0 Å². The van der Waals surface area contributed by atoms with Gasteiger partial charge in [0.25, 0.3) is 11.8 Å². The second kappa shape index (κ2) is 4.64. The molecule has 3 amide bonds.